The van der Waals surface area contributed by atoms with Gasteiger partial charge in [-0.05, 0) is 30.5 Å². The Morgan fingerprint density at radius 2 is 1.83 bits per heavy atom. The Morgan fingerprint density at radius 1 is 1.14 bits per heavy atom. The summed E-state index contributed by atoms with van der Waals surface area (Å²) in [6.45, 7) is 3.64. The molecule has 0 spiro atoms. The van der Waals surface area contributed by atoms with Crippen molar-refractivity contribution in [2.45, 2.75) is 32.6 Å². The van der Waals surface area contributed by atoms with Crippen molar-refractivity contribution in [1.82, 2.24) is 25.8 Å². The van der Waals surface area contributed by atoms with E-state index in [-0.39, 0.29) is 11.8 Å². The maximum atomic E-state index is 11.7. The quantitative estimate of drug-likeness (QED) is 0.232. The summed E-state index contributed by atoms with van der Waals surface area (Å²) in [4.78, 5) is 52.5. The molecule has 188 valence electrons. The van der Waals surface area contributed by atoms with Crippen molar-refractivity contribution in [3.8, 4) is 0 Å². The van der Waals surface area contributed by atoms with Crippen molar-refractivity contribution < 1.29 is 29.4 Å². The second-order valence-corrected chi connectivity index (χ2v) is 8.89. The van der Waals surface area contributed by atoms with Crippen molar-refractivity contribution in [1.29, 1.82) is 0 Å². The number of carbonyl (C=O) groups excluding carboxylic acids is 2. The van der Waals surface area contributed by atoms with Crippen LogP contribution in [0, 0.1) is 0 Å². The monoisotopic (exact) mass is 505 g/mol. The number of piperazine rings is 1. The molecule has 13 nitrogen and oxygen atoms in total. The summed E-state index contributed by atoms with van der Waals surface area (Å²) in [5.74, 6) is -0.220. The van der Waals surface area contributed by atoms with E-state index in [0.717, 1.165) is 22.7 Å². The highest BCUT2D eigenvalue weighted by atomic mass is 32.1. The lowest BCUT2D eigenvalue weighted by molar-refractivity contribution is -0.124. The number of thiazole rings is 1. The highest BCUT2D eigenvalue weighted by Gasteiger charge is 2.20. The summed E-state index contributed by atoms with van der Waals surface area (Å²) in [5.41, 5.74) is 2.36. The van der Waals surface area contributed by atoms with Gasteiger partial charge in [0.05, 0.1) is 12.2 Å². The van der Waals surface area contributed by atoms with Gasteiger partial charge in [0.25, 0.3) is 0 Å². The minimum absolute atomic E-state index is 0.0163. The van der Waals surface area contributed by atoms with Gasteiger partial charge in [0.2, 0.25) is 11.8 Å². The van der Waals surface area contributed by atoms with Crippen molar-refractivity contribution in [3.63, 3.8) is 0 Å². The lowest BCUT2D eigenvalue weighted by Gasteiger charge is -2.26. The molecule has 1 aromatic carbocycles. The molecule has 1 aliphatic rings. The number of nitrogens with one attached hydrogen (secondary N) is 5. The van der Waals surface area contributed by atoms with Gasteiger partial charge >= 0.3 is 12.2 Å². The smallest absolute Gasteiger partial charge is 0.407 e. The first-order valence-electron chi connectivity index (χ1n) is 10.8. The van der Waals surface area contributed by atoms with E-state index in [1.54, 1.807) is 12.1 Å². The van der Waals surface area contributed by atoms with Crippen molar-refractivity contribution in [2.24, 2.45) is 0 Å². The zero-order valence-corrected chi connectivity index (χ0v) is 19.8. The summed E-state index contributed by atoms with van der Waals surface area (Å²) in [7, 11) is 0. The Hall–Kier alpha value is -3.91. The molecule has 0 unspecified atom stereocenters. The zero-order valence-electron chi connectivity index (χ0n) is 19.0. The molecule has 0 aliphatic carbocycles. The highest BCUT2D eigenvalue weighted by Crippen LogP contribution is 2.26. The fourth-order valence-electron chi connectivity index (χ4n) is 3.49. The van der Waals surface area contributed by atoms with Crippen LogP contribution in [0.2, 0.25) is 0 Å². The third-order valence-corrected chi connectivity index (χ3v) is 5.99. The molecule has 7 N–H and O–H groups in total. The van der Waals surface area contributed by atoms with Crippen LogP contribution >= 0.6 is 11.3 Å². The van der Waals surface area contributed by atoms with Gasteiger partial charge in [-0.2, -0.15) is 0 Å². The third kappa shape index (κ3) is 8.42. The van der Waals surface area contributed by atoms with Gasteiger partial charge in [-0.25, -0.2) is 14.6 Å². The summed E-state index contributed by atoms with van der Waals surface area (Å²) in [5, 5.41) is 30.6. The standard InChI is InChI=1S/C21H27N7O6S/c1-12(29)23-19-25-15(16(35-19)10-28-9-8-22-17(30)11-28)7-4-13-2-5-14(6-3-13)24-18(26-20(31)32)27-21(33)34/h2-3,5-6,18,24,26-27H,4,7-11H2,1H3,(H,22,30)(H,31,32)(H,33,34)(H,23,25,29). The second-order valence-electron chi connectivity index (χ2n) is 7.80. The van der Waals surface area contributed by atoms with E-state index in [9.17, 15) is 19.2 Å². The fourth-order valence-corrected chi connectivity index (χ4v) is 4.58. The first kappa shape index (κ1) is 25.7. The molecule has 1 fully saturated rings. The van der Waals surface area contributed by atoms with Gasteiger partial charge in [0.1, 0.15) is 0 Å². The normalized spacial score (nSPS) is 13.7. The average molecular weight is 506 g/mol. The van der Waals surface area contributed by atoms with E-state index in [4.69, 9.17) is 10.2 Å². The Bertz CT molecular complexity index is 1060. The zero-order chi connectivity index (χ0) is 25.4. The number of hydrogen-bond donors (Lipinski definition) is 7. The number of nitrogens with zero attached hydrogens (tertiary/aromatic N) is 2. The molecule has 14 heteroatoms. The predicted molar refractivity (Wildman–Crippen MR) is 128 cm³/mol. The van der Waals surface area contributed by atoms with Gasteiger partial charge in [0, 0.05) is 37.1 Å². The number of anilines is 2. The largest absolute Gasteiger partial charge is 0.465 e. The number of aromatic nitrogens is 1. The van der Waals surface area contributed by atoms with E-state index < -0.39 is 18.5 Å². The molecule has 0 radical (unpaired) electrons. The van der Waals surface area contributed by atoms with Crippen LogP contribution in [0.3, 0.4) is 0 Å². The molecule has 35 heavy (non-hydrogen) atoms. The van der Waals surface area contributed by atoms with Crippen LogP contribution in [-0.4, -0.2) is 70.0 Å². The van der Waals surface area contributed by atoms with Gasteiger partial charge in [-0.3, -0.25) is 25.1 Å². The number of carbonyl (C=O) groups is 4. The number of benzene rings is 1. The van der Waals surface area contributed by atoms with Gasteiger partial charge in [-0.1, -0.05) is 12.1 Å². The minimum Gasteiger partial charge on any atom is -0.465 e. The molecule has 2 aromatic rings. The number of carboxylic acid groups (broad SMARTS) is 2. The number of amides is 4. The molecular weight excluding hydrogens is 478 g/mol. The van der Waals surface area contributed by atoms with Crippen LogP contribution in [0.15, 0.2) is 24.3 Å². The number of hydrogen-bond acceptors (Lipinski definition) is 8. The highest BCUT2D eigenvalue weighted by molar-refractivity contribution is 7.15. The lowest BCUT2D eigenvalue weighted by Crippen LogP contribution is -2.52. The molecular formula is C21H27N7O6S. The molecule has 3 rings (SSSR count). The van der Waals surface area contributed by atoms with Gasteiger partial charge in [0.15, 0.2) is 11.4 Å². The van der Waals surface area contributed by atoms with Crippen LogP contribution in [0.25, 0.3) is 0 Å². The average Bonchev–Trinajstić information content (AvgIpc) is 3.12. The molecule has 0 bridgehead atoms. The van der Waals surface area contributed by atoms with Gasteiger partial charge < -0.3 is 26.2 Å². The first-order valence-corrected chi connectivity index (χ1v) is 11.6. The predicted octanol–water partition coefficient (Wildman–Crippen LogP) is 1.05. The van der Waals surface area contributed by atoms with Crippen LogP contribution in [0.1, 0.15) is 23.1 Å². The summed E-state index contributed by atoms with van der Waals surface area (Å²) in [6, 6.07) is 7.12. The Kier molecular flexibility index (Phi) is 8.80. The van der Waals surface area contributed by atoms with E-state index in [2.05, 4.69) is 20.9 Å². The number of aryl methyl sites for hydroxylation is 2. The molecule has 1 aliphatic heterocycles. The minimum atomic E-state index is -1.38. The van der Waals surface area contributed by atoms with Gasteiger partial charge in [-0.15, -0.1) is 11.3 Å². The van der Waals surface area contributed by atoms with E-state index in [1.165, 1.54) is 18.3 Å². The molecule has 1 saturated heterocycles. The van der Waals surface area contributed by atoms with E-state index >= 15 is 0 Å². The SMILES string of the molecule is CC(=O)Nc1nc(CCc2ccc(NC(NC(=O)O)NC(=O)O)cc2)c(CN2CCNC(=O)C2)s1. The molecule has 0 saturated carbocycles. The van der Waals surface area contributed by atoms with Crippen LogP contribution in [0.4, 0.5) is 20.4 Å². The van der Waals surface area contributed by atoms with Crippen LogP contribution in [0.5, 0.6) is 0 Å². The van der Waals surface area contributed by atoms with Crippen LogP contribution < -0.4 is 26.6 Å². The summed E-state index contributed by atoms with van der Waals surface area (Å²) in [6.07, 6.45) is -2.70. The second kappa shape index (κ2) is 12.0. The number of rotatable bonds is 10. The Labute approximate surface area is 204 Å². The summed E-state index contributed by atoms with van der Waals surface area (Å²) < 4.78 is 0. The van der Waals surface area contributed by atoms with E-state index in [0.29, 0.717) is 43.3 Å². The lowest BCUT2D eigenvalue weighted by atomic mass is 10.1. The topological polar surface area (TPSA) is 185 Å². The molecule has 4 amide bonds. The van der Waals surface area contributed by atoms with Crippen molar-refractivity contribution in [2.75, 3.05) is 30.3 Å². The molecule has 2 heterocycles. The Balaban J connectivity index is 1.64. The summed E-state index contributed by atoms with van der Waals surface area (Å²) >= 11 is 1.40. The van der Waals surface area contributed by atoms with Crippen molar-refractivity contribution >= 4 is 46.2 Å². The molecule has 1 aromatic heterocycles. The maximum absolute atomic E-state index is 11.7. The Morgan fingerprint density at radius 3 is 2.43 bits per heavy atom. The first-order chi connectivity index (χ1) is 16.7. The molecule has 0 atom stereocenters. The third-order valence-electron chi connectivity index (χ3n) is 5.00. The van der Waals surface area contributed by atoms with Crippen molar-refractivity contribution in [3.05, 3.63) is 40.4 Å². The fraction of sp³-hybridized carbons (Fsp3) is 0.381. The van der Waals surface area contributed by atoms with E-state index in [1.807, 2.05) is 27.7 Å². The van der Waals surface area contributed by atoms with Crippen LogP contribution in [-0.2, 0) is 29.0 Å². The maximum Gasteiger partial charge on any atom is 0.407 e.